The van der Waals surface area contributed by atoms with Gasteiger partial charge in [0.05, 0.1) is 12.2 Å². The quantitative estimate of drug-likeness (QED) is 0.791. The molecule has 2 amide bonds. The second kappa shape index (κ2) is 7.87. The summed E-state index contributed by atoms with van der Waals surface area (Å²) in [6, 6.07) is 9.77. The number of amides is 2. The number of para-hydroxylation sites is 1. The number of benzene rings is 1. The van der Waals surface area contributed by atoms with E-state index < -0.39 is 0 Å². The molecular weight excluding hydrogens is 344 g/mol. The summed E-state index contributed by atoms with van der Waals surface area (Å²) < 4.78 is 1.54. The summed E-state index contributed by atoms with van der Waals surface area (Å²) in [5.74, 6) is 0.218. The molecule has 1 atom stereocenters. The van der Waals surface area contributed by atoms with E-state index in [9.17, 15) is 9.59 Å². The van der Waals surface area contributed by atoms with Crippen LogP contribution in [-0.2, 0) is 16.1 Å². The topological polar surface area (TPSA) is 74.6 Å². The highest BCUT2D eigenvalue weighted by molar-refractivity contribution is 5.97. The number of carbonyl (C=O) groups is 2. The molecule has 4 rings (SSSR count). The van der Waals surface area contributed by atoms with Gasteiger partial charge in [-0.3, -0.25) is 14.5 Å². The van der Waals surface area contributed by atoms with E-state index in [4.69, 9.17) is 0 Å². The monoisotopic (exact) mass is 368 g/mol. The molecule has 0 spiro atoms. The van der Waals surface area contributed by atoms with Gasteiger partial charge in [-0.15, -0.1) is 5.10 Å². The van der Waals surface area contributed by atoms with Gasteiger partial charge in [-0.25, -0.2) is 4.68 Å². The summed E-state index contributed by atoms with van der Waals surface area (Å²) in [6.07, 6.45) is 5.14. The molecule has 0 unspecified atom stereocenters. The van der Waals surface area contributed by atoms with Gasteiger partial charge < -0.3 is 9.80 Å². The van der Waals surface area contributed by atoms with E-state index in [1.54, 1.807) is 12.4 Å². The Balaban J connectivity index is 1.35. The Labute approximate surface area is 158 Å². The number of hydrogen-bond donors (Lipinski definition) is 0. The second-order valence-electron chi connectivity index (χ2n) is 7.00. The van der Waals surface area contributed by atoms with Gasteiger partial charge >= 0.3 is 0 Å². The summed E-state index contributed by atoms with van der Waals surface area (Å²) in [5, 5.41) is 7.57. The van der Waals surface area contributed by atoms with Gasteiger partial charge in [0.2, 0.25) is 11.8 Å². The van der Waals surface area contributed by atoms with Gasteiger partial charge in [0.1, 0.15) is 6.54 Å². The Hall–Kier alpha value is -2.74. The smallest absolute Gasteiger partial charge is 0.244 e. The minimum atomic E-state index is -0.0912. The van der Waals surface area contributed by atoms with Gasteiger partial charge in [-0.05, 0) is 25.0 Å². The molecule has 2 fully saturated rings. The van der Waals surface area contributed by atoms with Crippen molar-refractivity contribution in [3.63, 3.8) is 0 Å². The Morgan fingerprint density at radius 2 is 1.85 bits per heavy atom. The Morgan fingerprint density at radius 1 is 1.07 bits per heavy atom. The minimum absolute atomic E-state index is 0.0426. The maximum Gasteiger partial charge on any atom is 0.244 e. The molecule has 2 aliphatic heterocycles. The lowest BCUT2D eigenvalue weighted by atomic mass is 10.0. The number of anilines is 1. The lowest BCUT2D eigenvalue weighted by molar-refractivity contribution is -0.135. The number of carbonyl (C=O) groups excluding carboxylic acids is 2. The van der Waals surface area contributed by atoms with Crippen LogP contribution < -0.4 is 4.90 Å². The van der Waals surface area contributed by atoms with Crippen LogP contribution in [0.4, 0.5) is 5.69 Å². The number of hydrogen-bond acceptors (Lipinski definition) is 5. The normalized spacial score (nSPS) is 21.5. The van der Waals surface area contributed by atoms with E-state index in [2.05, 4.69) is 15.2 Å². The fraction of sp³-hybridized carbons (Fsp3) is 0.474. The first-order chi connectivity index (χ1) is 13.2. The third-order valence-electron chi connectivity index (χ3n) is 5.36. The van der Waals surface area contributed by atoms with E-state index in [1.807, 2.05) is 40.1 Å². The first-order valence-corrected chi connectivity index (χ1v) is 9.45. The van der Waals surface area contributed by atoms with Gasteiger partial charge in [-0.1, -0.05) is 23.4 Å². The van der Waals surface area contributed by atoms with Crippen molar-refractivity contribution in [3.05, 3.63) is 42.7 Å². The first-order valence-electron chi connectivity index (χ1n) is 9.45. The number of piperazine rings is 1. The van der Waals surface area contributed by atoms with Crippen molar-refractivity contribution in [3.8, 4) is 0 Å². The predicted molar refractivity (Wildman–Crippen MR) is 100.0 cm³/mol. The van der Waals surface area contributed by atoms with Crippen LogP contribution >= 0.6 is 0 Å². The number of nitrogens with zero attached hydrogens (tertiary/aromatic N) is 6. The van der Waals surface area contributed by atoms with Crippen molar-refractivity contribution in [2.45, 2.75) is 25.4 Å². The van der Waals surface area contributed by atoms with Crippen molar-refractivity contribution in [2.75, 3.05) is 37.6 Å². The standard InChI is InChI=1S/C19H24N6O2/c26-18(15-24-10-8-20-21-24)23-13-11-22(12-14-23)17-7-4-9-25(19(17)27)16-5-2-1-3-6-16/h1-3,5-6,8,10,17H,4,7,9,11-15H2/t17-/m0/s1. The van der Waals surface area contributed by atoms with Crippen molar-refractivity contribution < 1.29 is 9.59 Å². The summed E-state index contributed by atoms with van der Waals surface area (Å²) >= 11 is 0. The zero-order valence-electron chi connectivity index (χ0n) is 15.3. The fourth-order valence-corrected chi connectivity index (χ4v) is 3.90. The van der Waals surface area contributed by atoms with Gasteiger partial charge in [0.25, 0.3) is 0 Å². The number of piperidine rings is 1. The summed E-state index contributed by atoms with van der Waals surface area (Å²) in [5.41, 5.74) is 0.967. The average molecular weight is 368 g/mol. The van der Waals surface area contributed by atoms with Gasteiger partial charge in [0.15, 0.2) is 0 Å². The lowest BCUT2D eigenvalue weighted by Crippen LogP contribution is -2.58. The molecule has 0 N–H and O–H groups in total. The molecule has 0 bridgehead atoms. The molecule has 0 radical (unpaired) electrons. The lowest BCUT2D eigenvalue weighted by Gasteiger charge is -2.42. The average Bonchev–Trinajstić information content (AvgIpc) is 3.22. The molecule has 2 aromatic rings. The molecule has 1 aromatic heterocycles. The second-order valence-corrected chi connectivity index (χ2v) is 7.00. The molecule has 0 saturated carbocycles. The van der Waals surface area contributed by atoms with Crippen LogP contribution in [0.2, 0.25) is 0 Å². The van der Waals surface area contributed by atoms with Crippen LogP contribution in [0.3, 0.4) is 0 Å². The molecule has 2 aliphatic rings. The largest absolute Gasteiger partial charge is 0.339 e. The SMILES string of the molecule is O=C(Cn1ccnn1)N1CCN([C@H]2CCCN(c3ccccc3)C2=O)CC1. The van der Waals surface area contributed by atoms with Crippen LogP contribution in [0.1, 0.15) is 12.8 Å². The van der Waals surface area contributed by atoms with E-state index >= 15 is 0 Å². The fourth-order valence-electron chi connectivity index (χ4n) is 3.90. The molecule has 0 aliphatic carbocycles. The molecule has 27 heavy (non-hydrogen) atoms. The van der Waals surface area contributed by atoms with Crippen LogP contribution in [0.5, 0.6) is 0 Å². The molecular formula is C19H24N6O2. The predicted octanol–water partition coefficient (Wildman–Crippen LogP) is 0.618. The molecule has 3 heterocycles. The molecule has 142 valence electrons. The van der Waals surface area contributed by atoms with Gasteiger partial charge in [0, 0.05) is 44.6 Å². The van der Waals surface area contributed by atoms with E-state index in [1.165, 1.54) is 4.68 Å². The summed E-state index contributed by atoms with van der Waals surface area (Å²) in [4.78, 5) is 31.4. The van der Waals surface area contributed by atoms with Crippen molar-refractivity contribution >= 4 is 17.5 Å². The van der Waals surface area contributed by atoms with Crippen LogP contribution in [0.25, 0.3) is 0 Å². The third-order valence-corrected chi connectivity index (χ3v) is 5.36. The highest BCUT2D eigenvalue weighted by Gasteiger charge is 2.35. The third kappa shape index (κ3) is 3.85. The highest BCUT2D eigenvalue weighted by Crippen LogP contribution is 2.24. The minimum Gasteiger partial charge on any atom is -0.339 e. The zero-order chi connectivity index (χ0) is 18.6. The molecule has 8 heteroatoms. The zero-order valence-corrected chi connectivity index (χ0v) is 15.3. The maximum absolute atomic E-state index is 13.0. The first kappa shape index (κ1) is 17.7. The number of rotatable bonds is 4. The van der Waals surface area contributed by atoms with E-state index in [-0.39, 0.29) is 24.4 Å². The molecule has 2 saturated heterocycles. The van der Waals surface area contributed by atoms with Crippen LogP contribution in [0, 0.1) is 0 Å². The Morgan fingerprint density at radius 3 is 2.56 bits per heavy atom. The van der Waals surface area contributed by atoms with E-state index in [0.29, 0.717) is 13.1 Å². The highest BCUT2D eigenvalue weighted by atomic mass is 16.2. The summed E-state index contributed by atoms with van der Waals surface area (Å²) in [7, 11) is 0. The van der Waals surface area contributed by atoms with Crippen molar-refractivity contribution in [1.82, 2.24) is 24.8 Å². The number of aromatic nitrogens is 3. The summed E-state index contributed by atoms with van der Waals surface area (Å²) in [6.45, 7) is 3.72. The van der Waals surface area contributed by atoms with Crippen molar-refractivity contribution in [2.24, 2.45) is 0 Å². The van der Waals surface area contributed by atoms with Gasteiger partial charge in [-0.2, -0.15) is 0 Å². The molecule has 8 nitrogen and oxygen atoms in total. The van der Waals surface area contributed by atoms with E-state index in [0.717, 1.165) is 38.2 Å². The van der Waals surface area contributed by atoms with Crippen molar-refractivity contribution in [1.29, 1.82) is 0 Å². The van der Waals surface area contributed by atoms with Crippen LogP contribution in [0.15, 0.2) is 42.7 Å². The molecule has 1 aromatic carbocycles. The Bertz CT molecular complexity index is 771. The maximum atomic E-state index is 13.0. The Kier molecular flexibility index (Phi) is 5.15. The van der Waals surface area contributed by atoms with Crippen LogP contribution in [-0.4, -0.2) is 75.4 Å².